The van der Waals surface area contributed by atoms with Crippen molar-refractivity contribution < 1.29 is 4.74 Å². The molecule has 1 unspecified atom stereocenters. The van der Waals surface area contributed by atoms with Crippen molar-refractivity contribution >= 4 is 11.3 Å². The van der Waals surface area contributed by atoms with Crippen molar-refractivity contribution in [3.63, 3.8) is 0 Å². The molecule has 2 rings (SSSR count). The van der Waals surface area contributed by atoms with Crippen LogP contribution in [-0.4, -0.2) is 18.1 Å². The number of hydrogen-bond acceptors (Lipinski definition) is 4. The van der Waals surface area contributed by atoms with Crippen molar-refractivity contribution in [1.82, 2.24) is 10.3 Å². The second-order valence-electron chi connectivity index (χ2n) is 5.20. The van der Waals surface area contributed by atoms with E-state index >= 15 is 0 Å². The monoisotopic (exact) mass is 304 g/mol. The Morgan fingerprint density at radius 2 is 2.05 bits per heavy atom. The molecular weight excluding hydrogens is 280 g/mol. The zero-order valence-corrected chi connectivity index (χ0v) is 13.9. The zero-order chi connectivity index (χ0) is 15.1. The summed E-state index contributed by atoms with van der Waals surface area (Å²) in [6.45, 7) is 8.17. The Kier molecular flexibility index (Phi) is 6.21. The van der Waals surface area contributed by atoms with Gasteiger partial charge in [0.25, 0.3) is 0 Å². The molecule has 0 radical (unpaired) electrons. The van der Waals surface area contributed by atoms with Gasteiger partial charge in [0.2, 0.25) is 0 Å². The highest BCUT2D eigenvalue weighted by molar-refractivity contribution is 7.09. The Balaban J connectivity index is 1.81. The third kappa shape index (κ3) is 4.83. The summed E-state index contributed by atoms with van der Waals surface area (Å²) in [5.74, 6) is 0.934. The number of nitrogens with zero attached hydrogens (tertiary/aromatic N) is 1. The first kappa shape index (κ1) is 16.0. The molecule has 1 atom stereocenters. The third-order valence-corrected chi connectivity index (χ3v) is 4.52. The van der Waals surface area contributed by atoms with Crippen LogP contribution >= 0.6 is 11.3 Å². The molecule has 1 aromatic heterocycles. The first-order chi connectivity index (χ1) is 10.2. The molecule has 0 aliphatic carbocycles. The lowest BCUT2D eigenvalue weighted by atomic mass is 10.1. The maximum absolute atomic E-state index is 5.81. The smallest absolute Gasteiger partial charge is 0.119 e. The van der Waals surface area contributed by atoms with Crippen LogP contribution in [0.3, 0.4) is 0 Å². The molecule has 0 aliphatic heterocycles. The predicted octanol–water partition coefficient (Wildman–Crippen LogP) is 4.13. The number of thiazole rings is 1. The fourth-order valence-electron chi connectivity index (χ4n) is 2.16. The topological polar surface area (TPSA) is 34.1 Å². The summed E-state index contributed by atoms with van der Waals surface area (Å²) in [4.78, 5) is 5.56. The van der Waals surface area contributed by atoms with Gasteiger partial charge in [-0.1, -0.05) is 19.1 Å². The maximum Gasteiger partial charge on any atom is 0.119 e. The van der Waals surface area contributed by atoms with E-state index in [0.29, 0.717) is 12.6 Å². The van der Waals surface area contributed by atoms with Crippen molar-refractivity contribution in [2.45, 2.75) is 39.7 Å². The first-order valence-electron chi connectivity index (χ1n) is 7.55. The number of aryl methyl sites for hydroxylation is 1. The molecule has 114 valence electrons. The van der Waals surface area contributed by atoms with Crippen molar-refractivity contribution in [3.8, 4) is 5.75 Å². The van der Waals surface area contributed by atoms with Crippen LogP contribution in [-0.2, 0) is 6.42 Å². The molecule has 0 amide bonds. The SMILES string of the molecule is CCCNC(C)c1ccc(OCCc2scnc2C)cc1. The van der Waals surface area contributed by atoms with Gasteiger partial charge in [-0.3, -0.25) is 0 Å². The number of ether oxygens (including phenoxy) is 1. The van der Waals surface area contributed by atoms with Crippen LogP contribution in [0.4, 0.5) is 0 Å². The largest absolute Gasteiger partial charge is 0.493 e. The van der Waals surface area contributed by atoms with E-state index < -0.39 is 0 Å². The summed E-state index contributed by atoms with van der Waals surface area (Å²) in [7, 11) is 0. The highest BCUT2D eigenvalue weighted by atomic mass is 32.1. The van der Waals surface area contributed by atoms with E-state index in [1.54, 1.807) is 11.3 Å². The summed E-state index contributed by atoms with van der Waals surface area (Å²) in [5.41, 5.74) is 4.31. The van der Waals surface area contributed by atoms with Crippen molar-refractivity contribution in [3.05, 3.63) is 45.9 Å². The maximum atomic E-state index is 5.81. The molecule has 3 nitrogen and oxygen atoms in total. The highest BCUT2D eigenvalue weighted by Crippen LogP contribution is 2.18. The molecule has 4 heteroatoms. The Morgan fingerprint density at radius 3 is 2.67 bits per heavy atom. The quantitative estimate of drug-likeness (QED) is 0.796. The molecule has 0 aliphatic rings. The third-order valence-electron chi connectivity index (χ3n) is 3.52. The Bertz CT molecular complexity index is 536. The van der Waals surface area contributed by atoms with Gasteiger partial charge >= 0.3 is 0 Å². The summed E-state index contributed by atoms with van der Waals surface area (Å²) in [6.07, 6.45) is 2.08. The van der Waals surface area contributed by atoms with E-state index in [1.807, 2.05) is 12.4 Å². The molecule has 1 N–H and O–H groups in total. The molecule has 1 aromatic carbocycles. The van der Waals surface area contributed by atoms with E-state index in [-0.39, 0.29) is 0 Å². The summed E-state index contributed by atoms with van der Waals surface area (Å²) in [5, 5.41) is 3.49. The van der Waals surface area contributed by atoms with Crippen LogP contribution in [0.2, 0.25) is 0 Å². The fraction of sp³-hybridized carbons (Fsp3) is 0.471. The molecule has 0 spiro atoms. The van der Waals surface area contributed by atoms with E-state index in [2.05, 4.69) is 48.4 Å². The van der Waals surface area contributed by atoms with E-state index in [9.17, 15) is 0 Å². The lowest BCUT2D eigenvalue weighted by Gasteiger charge is -2.14. The summed E-state index contributed by atoms with van der Waals surface area (Å²) >= 11 is 1.70. The predicted molar refractivity (Wildman–Crippen MR) is 89.2 cm³/mol. The van der Waals surface area contributed by atoms with Crippen LogP contribution in [0.15, 0.2) is 29.8 Å². The molecule has 0 saturated heterocycles. The standard InChI is InChI=1S/C17H24N2OS/c1-4-10-18-13(2)15-5-7-16(8-6-15)20-11-9-17-14(3)19-12-21-17/h5-8,12-13,18H,4,9-11H2,1-3H3. The molecule has 0 saturated carbocycles. The van der Waals surface area contributed by atoms with Crippen LogP contribution < -0.4 is 10.1 Å². The highest BCUT2D eigenvalue weighted by Gasteiger charge is 2.05. The Morgan fingerprint density at radius 1 is 1.29 bits per heavy atom. The van der Waals surface area contributed by atoms with Crippen LogP contribution in [0.5, 0.6) is 5.75 Å². The zero-order valence-electron chi connectivity index (χ0n) is 13.1. The number of benzene rings is 1. The van der Waals surface area contributed by atoms with Gasteiger partial charge < -0.3 is 10.1 Å². The second kappa shape index (κ2) is 8.15. The number of aromatic nitrogens is 1. The van der Waals surface area contributed by atoms with E-state index in [1.165, 1.54) is 10.4 Å². The van der Waals surface area contributed by atoms with Gasteiger partial charge in [0, 0.05) is 17.3 Å². The fourth-order valence-corrected chi connectivity index (χ4v) is 2.92. The molecule has 21 heavy (non-hydrogen) atoms. The normalized spacial score (nSPS) is 12.3. The lowest BCUT2D eigenvalue weighted by Crippen LogP contribution is -2.19. The lowest BCUT2D eigenvalue weighted by molar-refractivity contribution is 0.322. The van der Waals surface area contributed by atoms with Gasteiger partial charge in [0.05, 0.1) is 17.8 Å². The minimum atomic E-state index is 0.388. The van der Waals surface area contributed by atoms with Gasteiger partial charge in [-0.25, -0.2) is 4.98 Å². The van der Waals surface area contributed by atoms with Gasteiger partial charge in [-0.05, 0) is 44.5 Å². The van der Waals surface area contributed by atoms with Gasteiger partial charge in [-0.2, -0.15) is 0 Å². The minimum Gasteiger partial charge on any atom is -0.493 e. The van der Waals surface area contributed by atoms with Crippen LogP contribution in [0, 0.1) is 6.92 Å². The summed E-state index contributed by atoms with van der Waals surface area (Å²) < 4.78 is 5.81. The molecule has 2 aromatic rings. The average Bonchev–Trinajstić information content (AvgIpc) is 2.91. The molecular formula is C17H24N2OS. The van der Waals surface area contributed by atoms with Crippen LogP contribution in [0.1, 0.15) is 42.4 Å². The van der Waals surface area contributed by atoms with E-state index in [4.69, 9.17) is 4.74 Å². The van der Waals surface area contributed by atoms with Gasteiger partial charge in [-0.15, -0.1) is 11.3 Å². The number of rotatable bonds is 8. The Hall–Kier alpha value is -1.39. The van der Waals surface area contributed by atoms with Crippen molar-refractivity contribution in [2.24, 2.45) is 0 Å². The van der Waals surface area contributed by atoms with Gasteiger partial charge in [0.1, 0.15) is 5.75 Å². The first-order valence-corrected chi connectivity index (χ1v) is 8.43. The Labute approximate surface area is 131 Å². The van der Waals surface area contributed by atoms with Crippen molar-refractivity contribution in [2.75, 3.05) is 13.2 Å². The number of nitrogens with one attached hydrogen (secondary N) is 1. The van der Waals surface area contributed by atoms with Crippen molar-refractivity contribution in [1.29, 1.82) is 0 Å². The van der Waals surface area contributed by atoms with Gasteiger partial charge in [0.15, 0.2) is 0 Å². The average molecular weight is 304 g/mol. The molecule has 1 heterocycles. The van der Waals surface area contributed by atoms with Crippen LogP contribution in [0.25, 0.3) is 0 Å². The second-order valence-corrected chi connectivity index (χ2v) is 6.14. The van der Waals surface area contributed by atoms with E-state index in [0.717, 1.165) is 30.8 Å². The minimum absolute atomic E-state index is 0.388. The summed E-state index contributed by atoms with van der Waals surface area (Å²) in [6, 6.07) is 8.78. The number of hydrogen-bond donors (Lipinski definition) is 1. The molecule has 0 bridgehead atoms. The molecule has 0 fully saturated rings.